The van der Waals surface area contributed by atoms with Crippen LogP contribution in [0.15, 0.2) is 18.2 Å². The molecule has 0 unspecified atom stereocenters. The molecule has 0 amide bonds. The van der Waals surface area contributed by atoms with Crippen LogP contribution in [0.3, 0.4) is 0 Å². The van der Waals surface area contributed by atoms with Gasteiger partial charge in [-0.2, -0.15) is 0 Å². The molecule has 0 N–H and O–H groups in total. The smallest absolute Gasteiger partial charge is 0.384 e. The molecule has 0 saturated heterocycles. The van der Waals surface area contributed by atoms with Crippen molar-refractivity contribution in [2.24, 2.45) is 0 Å². The monoisotopic (exact) mass is 219 g/mol. The average molecular weight is 219 g/mol. The van der Waals surface area contributed by atoms with E-state index in [1.165, 1.54) is 13.2 Å². The SMILES string of the molecule is COC(=O)C#Cc1ccc(C)c([N+](=O)[O-])c1. The molecule has 0 aliphatic carbocycles. The normalized spacial score (nSPS) is 8.88. The van der Waals surface area contributed by atoms with Crippen LogP contribution in [0.1, 0.15) is 11.1 Å². The second kappa shape index (κ2) is 4.94. The highest BCUT2D eigenvalue weighted by Gasteiger charge is 2.09. The van der Waals surface area contributed by atoms with E-state index in [1.807, 2.05) is 0 Å². The molecule has 0 aromatic heterocycles. The second-order valence-electron chi connectivity index (χ2n) is 3.00. The van der Waals surface area contributed by atoms with Crippen molar-refractivity contribution in [1.82, 2.24) is 0 Å². The number of carbonyl (C=O) groups is 1. The predicted octanol–water partition coefficient (Wildman–Crippen LogP) is 1.43. The number of benzene rings is 1. The van der Waals surface area contributed by atoms with E-state index < -0.39 is 10.9 Å². The Morgan fingerprint density at radius 3 is 2.75 bits per heavy atom. The highest BCUT2D eigenvalue weighted by atomic mass is 16.6. The summed E-state index contributed by atoms with van der Waals surface area (Å²) in [5.41, 5.74) is 0.938. The van der Waals surface area contributed by atoms with E-state index in [2.05, 4.69) is 16.6 Å². The first-order valence-electron chi connectivity index (χ1n) is 4.39. The lowest BCUT2D eigenvalue weighted by Crippen LogP contribution is -1.95. The van der Waals surface area contributed by atoms with Gasteiger partial charge in [-0.25, -0.2) is 4.79 Å². The van der Waals surface area contributed by atoms with Crippen molar-refractivity contribution < 1.29 is 14.5 Å². The van der Waals surface area contributed by atoms with E-state index in [0.717, 1.165) is 0 Å². The summed E-state index contributed by atoms with van der Waals surface area (Å²) in [7, 11) is 1.22. The Balaban J connectivity index is 3.07. The van der Waals surface area contributed by atoms with Crippen LogP contribution in [0, 0.1) is 28.9 Å². The molecule has 0 bridgehead atoms. The predicted molar refractivity (Wildman–Crippen MR) is 56.7 cm³/mol. The lowest BCUT2D eigenvalue weighted by molar-refractivity contribution is -0.385. The summed E-state index contributed by atoms with van der Waals surface area (Å²) in [6, 6.07) is 4.52. The van der Waals surface area contributed by atoms with Gasteiger partial charge in [0.15, 0.2) is 0 Å². The van der Waals surface area contributed by atoms with Gasteiger partial charge in [-0.3, -0.25) is 10.1 Å². The maximum atomic E-state index is 10.7. The van der Waals surface area contributed by atoms with Gasteiger partial charge in [-0.1, -0.05) is 12.0 Å². The number of carbonyl (C=O) groups excluding carboxylic acids is 1. The zero-order chi connectivity index (χ0) is 12.1. The van der Waals surface area contributed by atoms with Crippen LogP contribution in [0.5, 0.6) is 0 Å². The highest BCUT2D eigenvalue weighted by molar-refractivity contribution is 5.89. The summed E-state index contributed by atoms with van der Waals surface area (Å²) in [6.45, 7) is 1.63. The highest BCUT2D eigenvalue weighted by Crippen LogP contribution is 2.18. The Labute approximate surface area is 92.2 Å². The molecule has 16 heavy (non-hydrogen) atoms. The van der Waals surface area contributed by atoms with E-state index in [-0.39, 0.29) is 5.69 Å². The first-order chi connectivity index (χ1) is 7.54. The first-order valence-corrected chi connectivity index (χ1v) is 4.39. The molecule has 5 heteroatoms. The van der Waals surface area contributed by atoms with E-state index in [4.69, 9.17) is 0 Å². The number of methoxy groups -OCH3 is 1. The molecular weight excluding hydrogens is 210 g/mol. The maximum Gasteiger partial charge on any atom is 0.384 e. The summed E-state index contributed by atoms with van der Waals surface area (Å²) in [4.78, 5) is 20.9. The van der Waals surface area contributed by atoms with Crippen molar-refractivity contribution in [3.8, 4) is 11.8 Å². The standard InChI is InChI=1S/C11H9NO4/c1-8-3-4-9(5-6-11(13)16-2)7-10(8)12(14)15/h3-4,7H,1-2H3. The number of hydrogen-bond acceptors (Lipinski definition) is 4. The maximum absolute atomic E-state index is 10.7. The Kier molecular flexibility index (Phi) is 3.62. The van der Waals surface area contributed by atoms with Crippen LogP contribution in [0.2, 0.25) is 0 Å². The summed E-state index contributed by atoms with van der Waals surface area (Å²) in [5.74, 6) is 4.01. The average Bonchev–Trinajstić information content (AvgIpc) is 2.27. The number of nitro benzene ring substituents is 1. The van der Waals surface area contributed by atoms with Crippen LogP contribution in [-0.2, 0) is 9.53 Å². The van der Waals surface area contributed by atoms with Crippen LogP contribution in [0.4, 0.5) is 5.69 Å². The number of ether oxygens (including phenoxy) is 1. The molecular formula is C11H9NO4. The quantitative estimate of drug-likeness (QED) is 0.310. The summed E-state index contributed by atoms with van der Waals surface area (Å²) in [6.07, 6.45) is 0. The second-order valence-corrected chi connectivity index (χ2v) is 3.00. The molecule has 1 aromatic carbocycles. The van der Waals surface area contributed by atoms with Crippen molar-refractivity contribution in [2.45, 2.75) is 6.92 Å². The lowest BCUT2D eigenvalue weighted by atomic mass is 10.1. The molecule has 1 aromatic rings. The molecule has 82 valence electrons. The van der Waals surface area contributed by atoms with Crippen molar-refractivity contribution in [2.75, 3.05) is 7.11 Å². The topological polar surface area (TPSA) is 69.4 Å². The molecule has 0 heterocycles. The van der Waals surface area contributed by atoms with Gasteiger partial charge in [0.2, 0.25) is 0 Å². The van der Waals surface area contributed by atoms with E-state index in [0.29, 0.717) is 11.1 Å². The van der Waals surface area contributed by atoms with Crippen LogP contribution in [-0.4, -0.2) is 18.0 Å². The van der Waals surface area contributed by atoms with Crippen molar-refractivity contribution in [3.63, 3.8) is 0 Å². The summed E-state index contributed by atoms with van der Waals surface area (Å²) < 4.78 is 4.33. The largest absolute Gasteiger partial charge is 0.459 e. The number of nitro groups is 1. The fourth-order valence-electron chi connectivity index (χ4n) is 1.06. The van der Waals surface area contributed by atoms with Gasteiger partial charge in [0.1, 0.15) is 0 Å². The zero-order valence-corrected chi connectivity index (χ0v) is 8.81. The van der Waals surface area contributed by atoms with Gasteiger partial charge in [-0.05, 0) is 13.0 Å². The van der Waals surface area contributed by atoms with Crippen molar-refractivity contribution in [3.05, 3.63) is 39.4 Å². The summed E-state index contributed by atoms with van der Waals surface area (Å²) >= 11 is 0. The molecule has 5 nitrogen and oxygen atoms in total. The Morgan fingerprint density at radius 2 is 2.19 bits per heavy atom. The fraction of sp³-hybridized carbons (Fsp3) is 0.182. The molecule has 0 fully saturated rings. The minimum Gasteiger partial charge on any atom is -0.459 e. The number of nitrogens with zero attached hydrogens (tertiary/aromatic N) is 1. The molecule has 0 saturated carbocycles. The number of rotatable bonds is 1. The molecule has 0 aliphatic heterocycles. The van der Waals surface area contributed by atoms with Gasteiger partial charge in [0, 0.05) is 23.1 Å². The number of esters is 1. The Bertz CT molecular complexity index is 496. The minimum absolute atomic E-state index is 0.0170. The third-order valence-electron chi connectivity index (χ3n) is 1.90. The summed E-state index contributed by atoms with van der Waals surface area (Å²) in [5, 5.41) is 10.6. The first kappa shape index (κ1) is 11.7. The number of hydrogen-bond donors (Lipinski definition) is 0. The van der Waals surface area contributed by atoms with Gasteiger partial charge in [0.05, 0.1) is 12.0 Å². The van der Waals surface area contributed by atoms with Gasteiger partial charge >= 0.3 is 5.97 Å². The van der Waals surface area contributed by atoms with E-state index in [1.54, 1.807) is 19.1 Å². The molecule has 0 aliphatic rings. The molecule has 1 rings (SSSR count). The van der Waals surface area contributed by atoms with Gasteiger partial charge in [0.25, 0.3) is 5.69 Å². The lowest BCUT2D eigenvalue weighted by Gasteiger charge is -1.96. The van der Waals surface area contributed by atoms with Crippen LogP contribution < -0.4 is 0 Å². The van der Waals surface area contributed by atoms with Crippen molar-refractivity contribution >= 4 is 11.7 Å². The molecule has 0 radical (unpaired) electrons. The Morgan fingerprint density at radius 1 is 1.50 bits per heavy atom. The third-order valence-corrected chi connectivity index (χ3v) is 1.90. The van der Waals surface area contributed by atoms with E-state index in [9.17, 15) is 14.9 Å². The zero-order valence-electron chi connectivity index (χ0n) is 8.81. The van der Waals surface area contributed by atoms with Crippen LogP contribution >= 0.6 is 0 Å². The molecule has 0 spiro atoms. The van der Waals surface area contributed by atoms with Gasteiger partial charge in [-0.15, -0.1) is 0 Å². The van der Waals surface area contributed by atoms with Crippen molar-refractivity contribution in [1.29, 1.82) is 0 Å². The Hall–Kier alpha value is -2.35. The third kappa shape index (κ3) is 2.82. The number of aryl methyl sites for hydroxylation is 1. The van der Waals surface area contributed by atoms with Gasteiger partial charge < -0.3 is 4.74 Å². The minimum atomic E-state index is -0.678. The fourth-order valence-corrected chi connectivity index (χ4v) is 1.06. The molecule has 0 atom stereocenters. The van der Waals surface area contributed by atoms with E-state index >= 15 is 0 Å². The van der Waals surface area contributed by atoms with Crippen LogP contribution in [0.25, 0.3) is 0 Å².